The molecule has 3 atom stereocenters. The molecule has 1 aromatic rings. The Balaban J connectivity index is 0.00000161. The largest absolute Gasteiger partial charge is 0.354 e. The number of benzene rings is 1. The van der Waals surface area contributed by atoms with Crippen molar-refractivity contribution in [1.29, 1.82) is 0 Å². The van der Waals surface area contributed by atoms with E-state index in [1.807, 2.05) is 0 Å². The fourth-order valence-electron chi connectivity index (χ4n) is 2.92. The molecule has 2 N–H and O–H groups in total. The van der Waals surface area contributed by atoms with E-state index in [9.17, 15) is 13.6 Å². The van der Waals surface area contributed by atoms with Crippen molar-refractivity contribution in [2.24, 2.45) is 5.92 Å². The normalized spacial score (nSPS) is 27.0. The first kappa shape index (κ1) is 16.2. The Bertz CT molecular complexity index is 520. The highest BCUT2D eigenvalue weighted by Crippen LogP contribution is 2.48. The maximum absolute atomic E-state index is 13.6. The predicted molar refractivity (Wildman–Crippen MR) is 78.5 cm³/mol. The second-order valence-electron chi connectivity index (χ2n) is 5.63. The summed E-state index contributed by atoms with van der Waals surface area (Å²) in [5.74, 6) is -2.10. The van der Waals surface area contributed by atoms with Gasteiger partial charge in [-0.15, -0.1) is 12.4 Å². The molecule has 0 aromatic heterocycles. The summed E-state index contributed by atoms with van der Waals surface area (Å²) in [7, 11) is 0. The lowest BCUT2D eigenvalue weighted by Crippen LogP contribution is -2.38. The standard InChI is InChI=1S/C15H18F2N2O.ClH/c16-13-5-1-4-10(14(13)17)11-7-12(11)15(20)19-8-9-3-2-6-18-9;/h1,4-5,9,11-12,18H,2-3,6-8H2,(H,19,20);1H. The summed E-state index contributed by atoms with van der Waals surface area (Å²) < 4.78 is 26.8. The van der Waals surface area contributed by atoms with Crippen molar-refractivity contribution in [3.05, 3.63) is 35.4 Å². The van der Waals surface area contributed by atoms with Crippen molar-refractivity contribution < 1.29 is 13.6 Å². The first-order valence-corrected chi connectivity index (χ1v) is 7.12. The molecule has 0 radical (unpaired) electrons. The quantitative estimate of drug-likeness (QED) is 0.895. The monoisotopic (exact) mass is 316 g/mol. The summed E-state index contributed by atoms with van der Waals surface area (Å²) >= 11 is 0. The summed E-state index contributed by atoms with van der Waals surface area (Å²) in [6.45, 7) is 1.62. The summed E-state index contributed by atoms with van der Waals surface area (Å²) in [6, 6.07) is 4.50. The predicted octanol–water partition coefficient (Wildman–Crippen LogP) is 2.36. The van der Waals surface area contributed by atoms with Crippen molar-refractivity contribution >= 4 is 18.3 Å². The molecule has 2 aliphatic rings. The van der Waals surface area contributed by atoms with Crippen LogP contribution < -0.4 is 10.6 Å². The average Bonchev–Trinajstić information content (AvgIpc) is 3.06. The van der Waals surface area contributed by atoms with Crippen LogP contribution in [-0.2, 0) is 4.79 Å². The van der Waals surface area contributed by atoms with Gasteiger partial charge in [-0.1, -0.05) is 12.1 Å². The third-order valence-corrected chi connectivity index (χ3v) is 4.19. The lowest BCUT2D eigenvalue weighted by molar-refractivity contribution is -0.122. The van der Waals surface area contributed by atoms with Gasteiger partial charge in [0.15, 0.2) is 11.6 Å². The van der Waals surface area contributed by atoms with Gasteiger partial charge in [0.2, 0.25) is 5.91 Å². The molecular weight excluding hydrogens is 298 g/mol. The Morgan fingerprint density at radius 1 is 1.38 bits per heavy atom. The molecule has 21 heavy (non-hydrogen) atoms. The van der Waals surface area contributed by atoms with Gasteiger partial charge < -0.3 is 10.6 Å². The zero-order chi connectivity index (χ0) is 14.1. The van der Waals surface area contributed by atoms with E-state index >= 15 is 0 Å². The number of amides is 1. The van der Waals surface area contributed by atoms with Gasteiger partial charge in [-0.05, 0) is 43.4 Å². The third-order valence-electron chi connectivity index (χ3n) is 4.19. The highest BCUT2D eigenvalue weighted by atomic mass is 35.5. The van der Waals surface area contributed by atoms with Crippen LogP contribution in [0, 0.1) is 17.6 Å². The summed E-state index contributed by atoms with van der Waals surface area (Å²) in [5, 5.41) is 6.21. The van der Waals surface area contributed by atoms with E-state index in [-0.39, 0.29) is 30.2 Å². The Labute approximate surface area is 128 Å². The Morgan fingerprint density at radius 3 is 2.90 bits per heavy atom. The number of halogens is 3. The highest BCUT2D eigenvalue weighted by Gasteiger charge is 2.45. The molecule has 0 bridgehead atoms. The second-order valence-corrected chi connectivity index (χ2v) is 5.63. The minimum Gasteiger partial charge on any atom is -0.354 e. The lowest BCUT2D eigenvalue weighted by Gasteiger charge is -2.11. The Kier molecular flexibility index (Phi) is 5.17. The molecule has 116 valence electrons. The fourth-order valence-corrected chi connectivity index (χ4v) is 2.92. The minimum atomic E-state index is -0.844. The van der Waals surface area contributed by atoms with Crippen molar-refractivity contribution in [2.75, 3.05) is 13.1 Å². The molecule has 3 unspecified atom stereocenters. The zero-order valence-corrected chi connectivity index (χ0v) is 12.4. The first-order chi connectivity index (χ1) is 9.66. The number of hydrogen-bond acceptors (Lipinski definition) is 2. The molecule has 0 spiro atoms. The van der Waals surface area contributed by atoms with Crippen LogP contribution in [0.25, 0.3) is 0 Å². The number of carbonyl (C=O) groups excluding carboxylic acids is 1. The maximum atomic E-state index is 13.6. The van der Waals surface area contributed by atoms with E-state index in [0.717, 1.165) is 25.5 Å². The van der Waals surface area contributed by atoms with E-state index in [1.165, 1.54) is 6.07 Å². The summed E-state index contributed by atoms with van der Waals surface area (Å²) in [6.07, 6.45) is 2.82. The highest BCUT2D eigenvalue weighted by molar-refractivity contribution is 5.85. The van der Waals surface area contributed by atoms with Crippen molar-refractivity contribution in [3.63, 3.8) is 0 Å². The van der Waals surface area contributed by atoms with Gasteiger partial charge in [0.25, 0.3) is 0 Å². The van der Waals surface area contributed by atoms with Crippen molar-refractivity contribution in [3.8, 4) is 0 Å². The minimum absolute atomic E-state index is 0. The van der Waals surface area contributed by atoms with E-state index < -0.39 is 11.6 Å². The lowest BCUT2D eigenvalue weighted by atomic mass is 10.1. The molecule has 1 saturated heterocycles. The molecule has 1 amide bonds. The van der Waals surface area contributed by atoms with Crippen LogP contribution >= 0.6 is 12.4 Å². The Hall–Kier alpha value is -1.20. The zero-order valence-electron chi connectivity index (χ0n) is 11.6. The molecule has 6 heteroatoms. The van der Waals surface area contributed by atoms with E-state index in [0.29, 0.717) is 24.6 Å². The third kappa shape index (κ3) is 3.52. The van der Waals surface area contributed by atoms with E-state index in [1.54, 1.807) is 6.07 Å². The van der Waals surface area contributed by atoms with Gasteiger partial charge in [-0.25, -0.2) is 8.78 Å². The van der Waals surface area contributed by atoms with Gasteiger partial charge in [-0.3, -0.25) is 4.79 Å². The number of nitrogens with one attached hydrogen (secondary N) is 2. The van der Waals surface area contributed by atoms with Gasteiger partial charge in [-0.2, -0.15) is 0 Å². The van der Waals surface area contributed by atoms with Crippen LogP contribution in [0.15, 0.2) is 18.2 Å². The smallest absolute Gasteiger partial charge is 0.223 e. The van der Waals surface area contributed by atoms with Crippen LogP contribution in [0.1, 0.15) is 30.7 Å². The van der Waals surface area contributed by atoms with E-state index in [2.05, 4.69) is 10.6 Å². The number of hydrogen-bond donors (Lipinski definition) is 2. The summed E-state index contributed by atoms with van der Waals surface area (Å²) in [4.78, 5) is 12.0. The molecule has 3 nitrogen and oxygen atoms in total. The Morgan fingerprint density at radius 2 is 2.19 bits per heavy atom. The molecular formula is C15H19ClF2N2O. The molecule has 1 saturated carbocycles. The molecule has 2 fully saturated rings. The van der Waals surface area contributed by atoms with Crippen molar-refractivity contribution in [1.82, 2.24) is 10.6 Å². The van der Waals surface area contributed by atoms with Crippen LogP contribution in [0.4, 0.5) is 8.78 Å². The average molecular weight is 317 g/mol. The fraction of sp³-hybridized carbons (Fsp3) is 0.533. The van der Waals surface area contributed by atoms with Gasteiger partial charge in [0.05, 0.1) is 0 Å². The van der Waals surface area contributed by atoms with Crippen LogP contribution in [0.5, 0.6) is 0 Å². The number of carbonyl (C=O) groups is 1. The molecule has 1 aromatic carbocycles. The van der Waals surface area contributed by atoms with Gasteiger partial charge in [0.1, 0.15) is 0 Å². The SMILES string of the molecule is Cl.O=C(NCC1CCCN1)C1CC1c1cccc(F)c1F. The second kappa shape index (κ2) is 6.71. The van der Waals surface area contributed by atoms with Gasteiger partial charge >= 0.3 is 0 Å². The van der Waals surface area contributed by atoms with Crippen LogP contribution in [0.3, 0.4) is 0 Å². The molecule has 1 aliphatic carbocycles. The topological polar surface area (TPSA) is 41.1 Å². The molecule has 3 rings (SSSR count). The van der Waals surface area contributed by atoms with Crippen LogP contribution in [0.2, 0.25) is 0 Å². The number of rotatable bonds is 4. The summed E-state index contributed by atoms with van der Waals surface area (Å²) in [5.41, 5.74) is 0.323. The van der Waals surface area contributed by atoms with Crippen molar-refractivity contribution in [2.45, 2.75) is 31.2 Å². The van der Waals surface area contributed by atoms with Crippen LogP contribution in [-0.4, -0.2) is 25.0 Å². The van der Waals surface area contributed by atoms with Gasteiger partial charge in [0, 0.05) is 18.5 Å². The van der Waals surface area contributed by atoms with E-state index in [4.69, 9.17) is 0 Å². The molecule has 1 heterocycles. The maximum Gasteiger partial charge on any atom is 0.223 e. The molecule has 1 aliphatic heterocycles. The first-order valence-electron chi connectivity index (χ1n) is 7.12.